The number of nitrogens with zero attached hydrogens (tertiary/aromatic N) is 3. The molecule has 1 unspecified atom stereocenters. The molecule has 0 saturated carbocycles. The molecule has 78 valence electrons. The molecule has 2 heterocycles. The normalized spacial score (nSPS) is 24.0. The molecule has 1 aliphatic heterocycles. The van der Waals surface area contributed by atoms with E-state index in [1.807, 2.05) is 13.2 Å². The lowest BCUT2D eigenvalue weighted by molar-refractivity contribution is 0.135. The Balaban J connectivity index is 1.90. The minimum atomic E-state index is -0.339. The van der Waals surface area contributed by atoms with E-state index in [9.17, 15) is 5.11 Å². The van der Waals surface area contributed by atoms with Gasteiger partial charge >= 0.3 is 0 Å². The van der Waals surface area contributed by atoms with Crippen molar-refractivity contribution < 1.29 is 5.11 Å². The monoisotopic (exact) mass is 196 g/mol. The molecule has 5 nitrogen and oxygen atoms in total. The van der Waals surface area contributed by atoms with E-state index in [-0.39, 0.29) is 12.1 Å². The molecule has 1 fully saturated rings. The maximum absolute atomic E-state index is 9.87. The summed E-state index contributed by atoms with van der Waals surface area (Å²) in [5, 5.41) is 20.9. The number of aliphatic hydroxyl groups excluding tert-OH is 1. The van der Waals surface area contributed by atoms with Gasteiger partial charge in [0.1, 0.15) is 0 Å². The molecule has 2 atom stereocenters. The molecular formula is C9H16N4O. The van der Waals surface area contributed by atoms with Crippen molar-refractivity contribution in [3.63, 3.8) is 0 Å². The van der Waals surface area contributed by atoms with E-state index in [2.05, 4.69) is 15.6 Å². The van der Waals surface area contributed by atoms with E-state index in [1.165, 1.54) is 0 Å². The van der Waals surface area contributed by atoms with Crippen molar-refractivity contribution in [3.8, 4) is 0 Å². The predicted molar refractivity (Wildman–Crippen MR) is 51.7 cm³/mol. The van der Waals surface area contributed by atoms with Gasteiger partial charge in [-0.25, -0.2) is 0 Å². The molecule has 0 radical (unpaired) electrons. The predicted octanol–water partition coefficient (Wildman–Crippen LogP) is -0.530. The Morgan fingerprint density at radius 3 is 3.21 bits per heavy atom. The molecule has 1 aromatic heterocycles. The lowest BCUT2D eigenvalue weighted by Gasteiger charge is -2.16. The molecule has 2 rings (SSSR count). The van der Waals surface area contributed by atoms with Crippen LogP contribution in [0.1, 0.15) is 18.5 Å². The smallest absolute Gasteiger partial charge is 0.0853 e. The van der Waals surface area contributed by atoms with Crippen LogP contribution in [0.5, 0.6) is 0 Å². The highest BCUT2D eigenvalue weighted by atomic mass is 16.3. The molecule has 1 aromatic rings. The van der Waals surface area contributed by atoms with Gasteiger partial charge in [-0.2, -0.15) is 0 Å². The number of hydrogen-bond donors (Lipinski definition) is 2. The highest BCUT2D eigenvalue weighted by Crippen LogP contribution is 2.12. The average molecular weight is 196 g/mol. The van der Waals surface area contributed by atoms with Crippen LogP contribution in [0.4, 0.5) is 0 Å². The van der Waals surface area contributed by atoms with Gasteiger partial charge in [-0.05, 0) is 19.4 Å². The van der Waals surface area contributed by atoms with E-state index in [1.54, 1.807) is 4.68 Å². The molecule has 0 amide bonds. The SMILES string of the molecule is Cn1cc(CC(O)[C@H]2CCCN2)nn1. The summed E-state index contributed by atoms with van der Waals surface area (Å²) in [6, 6.07) is 0.233. The summed E-state index contributed by atoms with van der Waals surface area (Å²) in [5.41, 5.74) is 0.855. The first-order valence-electron chi connectivity index (χ1n) is 5.02. The van der Waals surface area contributed by atoms with Crippen LogP contribution in [0, 0.1) is 0 Å². The van der Waals surface area contributed by atoms with E-state index in [0.717, 1.165) is 25.1 Å². The second kappa shape index (κ2) is 4.06. The largest absolute Gasteiger partial charge is 0.391 e. The lowest BCUT2D eigenvalue weighted by Crippen LogP contribution is -2.36. The van der Waals surface area contributed by atoms with Crippen molar-refractivity contribution in [1.82, 2.24) is 20.3 Å². The van der Waals surface area contributed by atoms with Crippen molar-refractivity contribution in [1.29, 1.82) is 0 Å². The van der Waals surface area contributed by atoms with Crippen LogP contribution in [-0.2, 0) is 13.5 Å². The molecule has 2 N–H and O–H groups in total. The van der Waals surface area contributed by atoms with Crippen molar-refractivity contribution in [2.45, 2.75) is 31.4 Å². The Morgan fingerprint density at radius 2 is 2.64 bits per heavy atom. The van der Waals surface area contributed by atoms with Gasteiger partial charge in [0.2, 0.25) is 0 Å². The average Bonchev–Trinajstić information content (AvgIpc) is 2.75. The summed E-state index contributed by atoms with van der Waals surface area (Å²) < 4.78 is 1.66. The van der Waals surface area contributed by atoms with Gasteiger partial charge < -0.3 is 10.4 Å². The zero-order valence-corrected chi connectivity index (χ0v) is 8.35. The van der Waals surface area contributed by atoms with Crippen molar-refractivity contribution in [2.75, 3.05) is 6.54 Å². The van der Waals surface area contributed by atoms with Gasteiger partial charge in [0.15, 0.2) is 0 Å². The molecule has 0 bridgehead atoms. The Kier molecular flexibility index (Phi) is 2.79. The summed E-state index contributed by atoms with van der Waals surface area (Å²) in [6.07, 6.45) is 4.31. The van der Waals surface area contributed by atoms with E-state index >= 15 is 0 Å². The first-order chi connectivity index (χ1) is 6.75. The summed E-state index contributed by atoms with van der Waals surface area (Å²) in [7, 11) is 1.83. The molecule has 5 heteroatoms. The van der Waals surface area contributed by atoms with E-state index in [0.29, 0.717) is 6.42 Å². The summed E-state index contributed by atoms with van der Waals surface area (Å²) in [4.78, 5) is 0. The van der Waals surface area contributed by atoms with Crippen LogP contribution in [-0.4, -0.2) is 38.8 Å². The standard InChI is InChI=1S/C9H16N4O/c1-13-6-7(11-12-13)5-9(14)8-3-2-4-10-8/h6,8-10,14H,2-5H2,1H3/t8-,9?/m1/s1. The maximum atomic E-state index is 9.87. The Labute approximate surface area is 83.1 Å². The molecule has 1 aliphatic rings. The fraction of sp³-hybridized carbons (Fsp3) is 0.778. The summed E-state index contributed by atoms with van der Waals surface area (Å²) in [6.45, 7) is 1.02. The minimum Gasteiger partial charge on any atom is -0.391 e. The maximum Gasteiger partial charge on any atom is 0.0853 e. The quantitative estimate of drug-likeness (QED) is 0.682. The van der Waals surface area contributed by atoms with Crippen molar-refractivity contribution in [3.05, 3.63) is 11.9 Å². The number of aryl methyl sites for hydroxylation is 1. The molecule has 0 aromatic carbocycles. The van der Waals surface area contributed by atoms with Crippen LogP contribution in [0.25, 0.3) is 0 Å². The molecular weight excluding hydrogens is 180 g/mol. The van der Waals surface area contributed by atoms with Gasteiger partial charge in [-0.1, -0.05) is 5.21 Å². The van der Waals surface area contributed by atoms with Crippen molar-refractivity contribution in [2.24, 2.45) is 7.05 Å². The second-order valence-corrected chi connectivity index (χ2v) is 3.86. The minimum absolute atomic E-state index is 0.233. The third kappa shape index (κ3) is 2.10. The highest BCUT2D eigenvalue weighted by Gasteiger charge is 2.23. The molecule has 0 aliphatic carbocycles. The third-order valence-electron chi connectivity index (χ3n) is 2.63. The number of nitrogens with one attached hydrogen (secondary N) is 1. The van der Waals surface area contributed by atoms with Crippen LogP contribution >= 0.6 is 0 Å². The van der Waals surface area contributed by atoms with Crippen LogP contribution in [0.2, 0.25) is 0 Å². The van der Waals surface area contributed by atoms with Gasteiger partial charge in [-0.3, -0.25) is 4.68 Å². The number of aromatic nitrogens is 3. The Morgan fingerprint density at radius 1 is 1.79 bits per heavy atom. The zero-order valence-electron chi connectivity index (χ0n) is 8.35. The fourth-order valence-corrected chi connectivity index (χ4v) is 1.89. The van der Waals surface area contributed by atoms with Gasteiger partial charge in [0, 0.05) is 25.7 Å². The number of rotatable bonds is 3. The van der Waals surface area contributed by atoms with Crippen LogP contribution in [0.15, 0.2) is 6.20 Å². The Hall–Kier alpha value is -0.940. The topological polar surface area (TPSA) is 63.0 Å². The molecule has 14 heavy (non-hydrogen) atoms. The van der Waals surface area contributed by atoms with Gasteiger partial charge in [-0.15, -0.1) is 5.10 Å². The fourth-order valence-electron chi connectivity index (χ4n) is 1.89. The molecule has 1 saturated heterocycles. The first kappa shape index (κ1) is 9.61. The Bertz CT molecular complexity index is 293. The van der Waals surface area contributed by atoms with E-state index < -0.39 is 0 Å². The van der Waals surface area contributed by atoms with Crippen LogP contribution in [0.3, 0.4) is 0 Å². The van der Waals surface area contributed by atoms with Crippen molar-refractivity contribution >= 4 is 0 Å². The zero-order chi connectivity index (χ0) is 9.97. The van der Waals surface area contributed by atoms with Gasteiger partial charge in [0.25, 0.3) is 0 Å². The third-order valence-corrected chi connectivity index (χ3v) is 2.63. The van der Waals surface area contributed by atoms with E-state index in [4.69, 9.17) is 0 Å². The number of aliphatic hydroxyl groups is 1. The van der Waals surface area contributed by atoms with Crippen LogP contribution < -0.4 is 5.32 Å². The number of hydrogen-bond acceptors (Lipinski definition) is 4. The summed E-state index contributed by atoms with van der Waals surface area (Å²) in [5.74, 6) is 0. The first-order valence-corrected chi connectivity index (χ1v) is 5.02. The molecule has 0 spiro atoms. The summed E-state index contributed by atoms with van der Waals surface area (Å²) >= 11 is 0. The lowest BCUT2D eigenvalue weighted by atomic mass is 10.1. The highest BCUT2D eigenvalue weighted by molar-refractivity contribution is 4.97. The van der Waals surface area contributed by atoms with Gasteiger partial charge in [0.05, 0.1) is 11.8 Å². The second-order valence-electron chi connectivity index (χ2n) is 3.86.